The molecule has 0 aliphatic carbocycles. The molecule has 0 spiro atoms. The van der Waals surface area contributed by atoms with E-state index in [0.717, 1.165) is 12.5 Å². The van der Waals surface area contributed by atoms with Gasteiger partial charge < -0.3 is 10.2 Å². The van der Waals surface area contributed by atoms with Gasteiger partial charge in [0.05, 0.1) is 0 Å². The minimum Gasteiger partial charge on any atom is -0.312 e. The van der Waals surface area contributed by atoms with Gasteiger partial charge in [0.15, 0.2) is 0 Å². The van der Waals surface area contributed by atoms with Crippen LogP contribution in [0.4, 0.5) is 0 Å². The zero-order valence-electron chi connectivity index (χ0n) is 9.05. The molecule has 1 saturated heterocycles. The number of piperazine rings is 1. The lowest BCUT2D eigenvalue weighted by molar-refractivity contribution is 0.189. The van der Waals surface area contributed by atoms with Gasteiger partial charge in [0.25, 0.3) is 0 Å². The Labute approximate surface area is 86.5 Å². The predicted octanol–water partition coefficient (Wildman–Crippen LogP) is 1.28. The van der Waals surface area contributed by atoms with Crippen LogP contribution in [0.5, 0.6) is 0 Å². The Bertz CT molecular complexity index is 141. The molecule has 13 heavy (non-hydrogen) atoms. The maximum absolute atomic E-state index is 3.47. The second kappa shape index (κ2) is 5.89. The van der Waals surface area contributed by atoms with Gasteiger partial charge in [0.1, 0.15) is 0 Å². The number of hydrogen-bond acceptors (Lipinski definition) is 3. The lowest BCUT2D eigenvalue weighted by Crippen LogP contribution is -2.50. The summed E-state index contributed by atoms with van der Waals surface area (Å²) in [5, 5.41) is 3.47. The summed E-state index contributed by atoms with van der Waals surface area (Å²) < 4.78 is 0. The van der Waals surface area contributed by atoms with Crippen LogP contribution in [0.25, 0.3) is 0 Å². The third kappa shape index (κ3) is 4.34. The summed E-state index contributed by atoms with van der Waals surface area (Å²) in [5.41, 5.74) is 0. The van der Waals surface area contributed by atoms with Crippen LogP contribution in [-0.2, 0) is 0 Å². The molecule has 2 atom stereocenters. The van der Waals surface area contributed by atoms with Gasteiger partial charge in [0.2, 0.25) is 0 Å². The first kappa shape index (κ1) is 11.3. The first-order valence-electron chi connectivity index (χ1n) is 5.17. The molecule has 0 aromatic heterocycles. The van der Waals surface area contributed by atoms with Crippen LogP contribution in [0, 0.1) is 5.92 Å². The van der Waals surface area contributed by atoms with E-state index in [-0.39, 0.29) is 0 Å². The van der Waals surface area contributed by atoms with Crippen molar-refractivity contribution >= 4 is 11.8 Å². The SMILES string of the molecule is CSCC(C)CN1CCNC(C)C1. The molecule has 3 heteroatoms. The first-order chi connectivity index (χ1) is 6.22. The molecule has 0 aromatic carbocycles. The number of nitrogens with one attached hydrogen (secondary N) is 1. The molecule has 1 N–H and O–H groups in total. The fraction of sp³-hybridized carbons (Fsp3) is 1.00. The summed E-state index contributed by atoms with van der Waals surface area (Å²) in [4.78, 5) is 2.59. The standard InChI is InChI=1S/C10H22N2S/c1-9(8-13-3)6-12-5-4-11-10(2)7-12/h9-11H,4-8H2,1-3H3. The zero-order chi connectivity index (χ0) is 9.68. The summed E-state index contributed by atoms with van der Waals surface area (Å²) in [7, 11) is 0. The zero-order valence-corrected chi connectivity index (χ0v) is 9.86. The molecule has 1 aliphatic heterocycles. The van der Waals surface area contributed by atoms with Crippen molar-refractivity contribution in [1.82, 2.24) is 10.2 Å². The van der Waals surface area contributed by atoms with Crippen molar-refractivity contribution in [3.63, 3.8) is 0 Å². The third-order valence-electron chi connectivity index (χ3n) is 2.47. The molecule has 1 heterocycles. The maximum atomic E-state index is 3.47. The van der Waals surface area contributed by atoms with E-state index in [0.29, 0.717) is 6.04 Å². The van der Waals surface area contributed by atoms with E-state index in [1.807, 2.05) is 11.8 Å². The van der Waals surface area contributed by atoms with Crippen molar-refractivity contribution < 1.29 is 0 Å². The first-order valence-corrected chi connectivity index (χ1v) is 6.56. The van der Waals surface area contributed by atoms with Crippen molar-refractivity contribution in [1.29, 1.82) is 0 Å². The van der Waals surface area contributed by atoms with E-state index in [1.54, 1.807) is 0 Å². The number of nitrogens with zero attached hydrogens (tertiary/aromatic N) is 1. The van der Waals surface area contributed by atoms with E-state index in [4.69, 9.17) is 0 Å². The number of rotatable bonds is 4. The van der Waals surface area contributed by atoms with E-state index in [1.165, 1.54) is 25.4 Å². The fourth-order valence-electron chi connectivity index (χ4n) is 1.96. The van der Waals surface area contributed by atoms with Gasteiger partial charge >= 0.3 is 0 Å². The fourth-order valence-corrected chi connectivity index (χ4v) is 2.63. The van der Waals surface area contributed by atoms with Crippen molar-refractivity contribution in [3.8, 4) is 0 Å². The van der Waals surface area contributed by atoms with Gasteiger partial charge in [-0.1, -0.05) is 6.92 Å². The predicted molar refractivity (Wildman–Crippen MR) is 61.5 cm³/mol. The molecule has 0 bridgehead atoms. The molecule has 1 rings (SSSR count). The van der Waals surface area contributed by atoms with Crippen LogP contribution in [0.3, 0.4) is 0 Å². The van der Waals surface area contributed by atoms with Crippen molar-refractivity contribution in [2.24, 2.45) is 5.92 Å². The highest BCUT2D eigenvalue weighted by molar-refractivity contribution is 7.98. The molecular weight excluding hydrogens is 180 g/mol. The molecule has 2 nitrogen and oxygen atoms in total. The third-order valence-corrected chi connectivity index (χ3v) is 3.38. The van der Waals surface area contributed by atoms with Crippen LogP contribution in [0.15, 0.2) is 0 Å². The second-order valence-corrected chi connectivity index (χ2v) is 5.09. The van der Waals surface area contributed by atoms with E-state index < -0.39 is 0 Å². The Balaban J connectivity index is 2.19. The number of hydrogen-bond donors (Lipinski definition) is 1. The molecule has 1 aliphatic rings. The topological polar surface area (TPSA) is 15.3 Å². The van der Waals surface area contributed by atoms with Crippen LogP contribution >= 0.6 is 11.8 Å². The van der Waals surface area contributed by atoms with Gasteiger partial charge in [-0.15, -0.1) is 0 Å². The lowest BCUT2D eigenvalue weighted by Gasteiger charge is -2.33. The highest BCUT2D eigenvalue weighted by Crippen LogP contribution is 2.08. The largest absolute Gasteiger partial charge is 0.312 e. The molecule has 0 aromatic rings. The average molecular weight is 202 g/mol. The van der Waals surface area contributed by atoms with Gasteiger partial charge in [-0.2, -0.15) is 11.8 Å². The summed E-state index contributed by atoms with van der Waals surface area (Å²) in [6.45, 7) is 9.50. The molecule has 0 saturated carbocycles. The molecule has 78 valence electrons. The Hall–Kier alpha value is 0.270. The smallest absolute Gasteiger partial charge is 0.0167 e. The van der Waals surface area contributed by atoms with Crippen molar-refractivity contribution in [3.05, 3.63) is 0 Å². The summed E-state index contributed by atoms with van der Waals surface area (Å²) >= 11 is 1.96. The molecule has 2 unspecified atom stereocenters. The second-order valence-electron chi connectivity index (χ2n) is 4.18. The number of thioether (sulfide) groups is 1. The monoisotopic (exact) mass is 202 g/mol. The molecular formula is C10H22N2S. The van der Waals surface area contributed by atoms with Crippen LogP contribution < -0.4 is 5.32 Å². The minimum absolute atomic E-state index is 0.676. The van der Waals surface area contributed by atoms with Crippen LogP contribution in [0.1, 0.15) is 13.8 Å². The summed E-state index contributed by atoms with van der Waals surface area (Å²) in [5.74, 6) is 2.12. The van der Waals surface area contributed by atoms with E-state index >= 15 is 0 Å². The van der Waals surface area contributed by atoms with E-state index in [2.05, 4.69) is 30.3 Å². The minimum atomic E-state index is 0.676. The van der Waals surface area contributed by atoms with Crippen molar-refractivity contribution in [2.75, 3.05) is 38.2 Å². The van der Waals surface area contributed by atoms with E-state index in [9.17, 15) is 0 Å². The average Bonchev–Trinajstić information content (AvgIpc) is 2.04. The van der Waals surface area contributed by atoms with Crippen LogP contribution in [0.2, 0.25) is 0 Å². The molecule has 1 fully saturated rings. The Morgan fingerprint density at radius 2 is 2.38 bits per heavy atom. The lowest BCUT2D eigenvalue weighted by atomic mass is 10.1. The Kier molecular flexibility index (Phi) is 5.14. The Morgan fingerprint density at radius 1 is 1.62 bits per heavy atom. The molecule has 0 radical (unpaired) electrons. The van der Waals surface area contributed by atoms with Crippen molar-refractivity contribution in [2.45, 2.75) is 19.9 Å². The van der Waals surface area contributed by atoms with Gasteiger partial charge in [0, 0.05) is 32.2 Å². The maximum Gasteiger partial charge on any atom is 0.0167 e. The highest BCUT2D eigenvalue weighted by atomic mass is 32.2. The normalized spacial score (nSPS) is 27.5. The highest BCUT2D eigenvalue weighted by Gasteiger charge is 2.16. The summed E-state index contributed by atoms with van der Waals surface area (Å²) in [6, 6.07) is 0.676. The van der Waals surface area contributed by atoms with Gasteiger partial charge in [-0.05, 0) is 24.9 Å². The quantitative estimate of drug-likeness (QED) is 0.739. The van der Waals surface area contributed by atoms with Crippen LogP contribution in [-0.4, -0.2) is 49.1 Å². The molecule has 0 amide bonds. The van der Waals surface area contributed by atoms with Gasteiger partial charge in [-0.3, -0.25) is 0 Å². The van der Waals surface area contributed by atoms with Gasteiger partial charge in [-0.25, -0.2) is 0 Å². The Morgan fingerprint density at radius 3 is 3.00 bits per heavy atom. The summed E-state index contributed by atoms with van der Waals surface area (Å²) in [6.07, 6.45) is 2.19.